The maximum Gasteiger partial charge on any atom is 0.241 e. The monoisotopic (exact) mass is 293 g/mol. The second-order valence-electron chi connectivity index (χ2n) is 4.11. The molecule has 0 bridgehead atoms. The summed E-state index contributed by atoms with van der Waals surface area (Å²) in [6, 6.07) is 3.43. The summed E-state index contributed by atoms with van der Waals surface area (Å²) in [4.78, 5) is 0.108. The van der Waals surface area contributed by atoms with Crippen molar-refractivity contribution in [3.8, 4) is 0 Å². The summed E-state index contributed by atoms with van der Waals surface area (Å²) in [7, 11) is -3.62. The highest BCUT2D eigenvalue weighted by atomic mass is 35.5. The highest BCUT2D eigenvalue weighted by Gasteiger charge is 2.20. The Labute approximate surface area is 112 Å². The Morgan fingerprint density at radius 1 is 1.44 bits per heavy atom. The van der Waals surface area contributed by atoms with Crippen LogP contribution in [-0.4, -0.2) is 20.3 Å². The van der Waals surface area contributed by atoms with E-state index >= 15 is 0 Å². The van der Waals surface area contributed by atoms with Crippen molar-refractivity contribution in [2.75, 3.05) is 5.88 Å². The molecule has 3 nitrogen and oxygen atoms in total. The second kappa shape index (κ2) is 6.50. The lowest BCUT2D eigenvalue weighted by Crippen LogP contribution is -2.35. The molecule has 0 aromatic heterocycles. The van der Waals surface area contributed by atoms with Crippen LogP contribution in [0.25, 0.3) is 0 Å². The molecule has 1 N–H and O–H groups in total. The van der Waals surface area contributed by atoms with Gasteiger partial charge in [-0.2, -0.15) is 0 Å². The highest BCUT2D eigenvalue weighted by Crippen LogP contribution is 2.17. The first-order valence-corrected chi connectivity index (χ1v) is 7.77. The van der Waals surface area contributed by atoms with E-state index in [9.17, 15) is 12.8 Å². The maximum absolute atomic E-state index is 13.0. The zero-order valence-electron chi connectivity index (χ0n) is 10.4. The number of rotatable bonds is 6. The van der Waals surface area contributed by atoms with E-state index in [1.54, 1.807) is 6.92 Å². The molecule has 0 amide bonds. The number of alkyl halides is 1. The molecule has 1 atom stereocenters. The topological polar surface area (TPSA) is 46.2 Å². The number of hydrogen-bond acceptors (Lipinski definition) is 2. The third-order valence-corrected chi connectivity index (χ3v) is 4.60. The molecule has 0 saturated heterocycles. The van der Waals surface area contributed by atoms with E-state index in [0.717, 1.165) is 6.07 Å². The molecule has 102 valence electrons. The van der Waals surface area contributed by atoms with Crippen LogP contribution in [0, 0.1) is 12.7 Å². The number of benzene rings is 1. The SMILES string of the molecule is CCC(CCCl)NS(=O)(=O)c1ccc(F)cc1C. The van der Waals surface area contributed by atoms with Gasteiger partial charge < -0.3 is 0 Å². The minimum Gasteiger partial charge on any atom is -0.208 e. The summed E-state index contributed by atoms with van der Waals surface area (Å²) in [5.41, 5.74) is 0.392. The lowest BCUT2D eigenvalue weighted by Gasteiger charge is -2.16. The molecule has 18 heavy (non-hydrogen) atoms. The van der Waals surface area contributed by atoms with Gasteiger partial charge in [0.15, 0.2) is 0 Å². The molecule has 1 aromatic rings. The average Bonchev–Trinajstić information content (AvgIpc) is 2.27. The van der Waals surface area contributed by atoms with Crippen LogP contribution in [0.3, 0.4) is 0 Å². The summed E-state index contributed by atoms with van der Waals surface area (Å²) < 4.78 is 39.8. The van der Waals surface area contributed by atoms with Crippen LogP contribution in [0.5, 0.6) is 0 Å². The van der Waals surface area contributed by atoms with Gasteiger partial charge in [-0.1, -0.05) is 6.92 Å². The van der Waals surface area contributed by atoms with Crippen LogP contribution in [0.1, 0.15) is 25.3 Å². The van der Waals surface area contributed by atoms with Crippen molar-refractivity contribution >= 4 is 21.6 Å². The Morgan fingerprint density at radius 3 is 2.61 bits per heavy atom. The van der Waals surface area contributed by atoms with Crippen LogP contribution < -0.4 is 4.72 Å². The maximum atomic E-state index is 13.0. The van der Waals surface area contributed by atoms with Gasteiger partial charge in [-0.25, -0.2) is 17.5 Å². The van der Waals surface area contributed by atoms with Crippen molar-refractivity contribution in [1.82, 2.24) is 4.72 Å². The van der Waals surface area contributed by atoms with E-state index in [-0.39, 0.29) is 10.9 Å². The highest BCUT2D eigenvalue weighted by molar-refractivity contribution is 7.89. The Bertz CT molecular complexity index is 505. The smallest absolute Gasteiger partial charge is 0.208 e. The molecular weight excluding hydrogens is 277 g/mol. The van der Waals surface area contributed by atoms with Crippen LogP contribution in [0.2, 0.25) is 0 Å². The molecule has 0 spiro atoms. The van der Waals surface area contributed by atoms with Gasteiger partial charge in [0.05, 0.1) is 4.90 Å². The molecule has 0 saturated carbocycles. The summed E-state index contributed by atoms with van der Waals surface area (Å²) >= 11 is 5.62. The largest absolute Gasteiger partial charge is 0.241 e. The molecule has 0 fully saturated rings. The molecule has 0 heterocycles. The molecule has 1 unspecified atom stereocenters. The van der Waals surface area contributed by atoms with Crippen molar-refractivity contribution in [2.24, 2.45) is 0 Å². The fraction of sp³-hybridized carbons (Fsp3) is 0.500. The van der Waals surface area contributed by atoms with Gasteiger partial charge in [-0.05, 0) is 43.5 Å². The second-order valence-corrected chi connectivity index (χ2v) is 6.17. The number of nitrogens with one attached hydrogen (secondary N) is 1. The van der Waals surface area contributed by atoms with E-state index < -0.39 is 15.8 Å². The first-order valence-electron chi connectivity index (χ1n) is 5.75. The van der Waals surface area contributed by atoms with Crippen LogP contribution in [0.15, 0.2) is 23.1 Å². The standard InChI is InChI=1S/C12H17ClFNO2S/c1-3-11(6-7-13)15-18(16,17)12-5-4-10(14)8-9(12)2/h4-5,8,11,15H,3,6-7H2,1-2H3. The Balaban J connectivity index is 2.99. The molecule has 1 aromatic carbocycles. The lowest BCUT2D eigenvalue weighted by molar-refractivity contribution is 0.531. The van der Waals surface area contributed by atoms with Crippen LogP contribution in [0.4, 0.5) is 4.39 Å². The number of aryl methyl sites for hydroxylation is 1. The number of halogens is 2. The van der Waals surface area contributed by atoms with E-state index in [1.165, 1.54) is 12.1 Å². The molecule has 0 aliphatic carbocycles. The number of hydrogen-bond donors (Lipinski definition) is 1. The third kappa shape index (κ3) is 3.93. The zero-order chi connectivity index (χ0) is 13.8. The first-order chi connectivity index (χ1) is 8.40. The van der Waals surface area contributed by atoms with Crippen molar-refractivity contribution in [2.45, 2.75) is 37.6 Å². The predicted octanol–water partition coefficient (Wildman–Crippen LogP) is 2.82. The van der Waals surface area contributed by atoms with Gasteiger partial charge in [-0.15, -0.1) is 11.6 Å². The molecule has 0 radical (unpaired) electrons. The van der Waals surface area contributed by atoms with Gasteiger partial charge in [0, 0.05) is 11.9 Å². The summed E-state index contributed by atoms with van der Waals surface area (Å²) in [6.07, 6.45) is 1.23. The molecular formula is C12H17ClFNO2S. The quantitative estimate of drug-likeness (QED) is 0.820. The third-order valence-electron chi connectivity index (χ3n) is 2.70. The fourth-order valence-corrected chi connectivity index (χ4v) is 3.52. The lowest BCUT2D eigenvalue weighted by atomic mass is 10.2. The van der Waals surface area contributed by atoms with Crippen molar-refractivity contribution in [1.29, 1.82) is 0 Å². The van der Waals surface area contributed by atoms with Crippen molar-refractivity contribution in [3.05, 3.63) is 29.6 Å². The van der Waals surface area contributed by atoms with Gasteiger partial charge in [-0.3, -0.25) is 0 Å². The van der Waals surface area contributed by atoms with E-state index in [2.05, 4.69) is 4.72 Å². The zero-order valence-corrected chi connectivity index (χ0v) is 12.0. The molecule has 0 aliphatic heterocycles. The minimum absolute atomic E-state index is 0.108. The fourth-order valence-electron chi connectivity index (χ4n) is 1.68. The molecule has 6 heteroatoms. The Hall–Kier alpha value is -0.650. The van der Waals surface area contributed by atoms with Crippen molar-refractivity contribution < 1.29 is 12.8 Å². The Morgan fingerprint density at radius 2 is 2.11 bits per heavy atom. The normalized spacial score (nSPS) is 13.6. The summed E-state index contributed by atoms with van der Waals surface area (Å²) in [5, 5.41) is 0. The average molecular weight is 294 g/mol. The van der Waals surface area contributed by atoms with E-state index in [4.69, 9.17) is 11.6 Å². The van der Waals surface area contributed by atoms with Crippen LogP contribution in [-0.2, 0) is 10.0 Å². The Kier molecular flexibility index (Phi) is 5.56. The summed E-state index contributed by atoms with van der Waals surface area (Å²) in [5.74, 6) is -0.0529. The van der Waals surface area contributed by atoms with Gasteiger partial charge in [0.1, 0.15) is 5.82 Å². The number of sulfonamides is 1. The first kappa shape index (κ1) is 15.4. The molecule has 0 aliphatic rings. The van der Waals surface area contributed by atoms with Crippen molar-refractivity contribution in [3.63, 3.8) is 0 Å². The predicted molar refractivity (Wildman–Crippen MR) is 70.9 cm³/mol. The van der Waals surface area contributed by atoms with Crippen LogP contribution >= 0.6 is 11.6 Å². The molecule has 1 rings (SSSR count). The summed E-state index contributed by atoms with van der Waals surface area (Å²) in [6.45, 7) is 3.46. The minimum atomic E-state index is -3.62. The van der Waals surface area contributed by atoms with E-state index in [0.29, 0.717) is 24.3 Å². The van der Waals surface area contributed by atoms with Gasteiger partial charge in [0.2, 0.25) is 10.0 Å². The van der Waals surface area contributed by atoms with Gasteiger partial charge >= 0.3 is 0 Å². The van der Waals surface area contributed by atoms with Gasteiger partial charge in [0.25, 0.3) is 0 Å². The van der Waals surface area contributed by atoms with E-state index in [1.807, 2.05) is 6.92 Å².